The Balaban J connectivity index is 2.19. The van der Waals surface area contributed by atoms with Crippen molar-refractivity contribution in [2.75, 3.05) is 18.8 Å². The van der Waals surface area contributed by atoms with E-state index in [4.69, 9.17) is 0 Å². The molecule has 1 rings (SSSR count). The van der Waals surface area contributed by atoms with Crippen LogP contribution in [0.3, 0.4) is 0 Å². The zero-order valence-corrected chi connectivity index (χ0v) is 11.1. The normalized spacial score (nSPS) is 26.9. The maximum Gasteiger partial charge on any atom is 0.212 e. The number of sulfonamides is 1. The molecule has 1 aliphatic rings. The molecule has 0 aromatic heterocycles. The van der Waals surface area contributed by atoms with Gasteiger partial charge in [-0.2, -0.15) is 0 Å². The van der Waals surface area contributed by atoms with Crippen LogP contribution in [-0.2, 0) is 10.0 Å². The number of hydrogen-bond acceptors (Lipinski definition) is 3. The molecule has 2 atom stereocenters. The van der Waals surface area contributed by atoms with Gasteiger partial charge in [-0.15, -0.1) is 0 Å². The predicted octanol–water partition coefficient (Wildman–Crippen LogP) is 1.09. The summed E-state index contributed by atoms with van der Waals surface area (Å²) >= 11 is 0. The SMILES string of the molecule is CCNS(=O)(=O)CCNC1CCCC(C)C1. The molecule has 0 aliphatic heterocycles. The lowest BCUT2D eigenvalue weighted by atomic mass is 9.87. The van der Waals surface area contributed by atoms with Crippen molar-refractivity contribution >= 4 is 10.0 Å². The van der Waals surface area contributed by atoms with E-state index in [0.717, 1.165) is 5.92 Å². The van der Waals surface area contributed by atoms with Crippen molar-refractivity contribution in [2.45, 2.75) is 45.6 Å². The maximum absolute atomic E-state index is 11.4. The number of nitrogens with one attached hydrogen (secondary N) is 2. The summed E-state index contributed by atoms with van der Waals surface area (Å²) < 4.78 is 25.3. The highest BCUT2D eigenvalue weighted by Gasteiger charge is 2.18. The smallest absolute Gasteiger partial charge is 0.212 e. The van der Waals surface area contributed by atoms with Crippen molar-refractivity contribution in [1.29, 1.82) is 0 Å². The summed E-state index contributed by atoms with van der Waals surface area (Å²) in [6.07, 6.45) is 4.94. The van der Waals surface area contributed by atoms with E-state index < -0.39 is 10.0 Å². The fourth-order valence-electron chi connectivity index (χ4n) is 2.31. The Kier molecular flexibility index (Phi) is 5.72. The van der Waals surface area contributed by atoms with Gasteiger partial charge in [0.25, 0.3) is 0 Å². The van der Waals surface area contributed by atoms with E-state index in [9.17, 15) is 8.42 Å². The molecule has 2 unspecified atom stereocenters. The Labute approximate surface area is 99.2 Å². The molecule has 0 saturated heterocycles. The third kappa shape index (κ3) is 5.27. The van der Waals surface area contributed by atoms with Gasteiger partial charge in [-0.1, -0.05) is 26.7 Å². The highest BCUT2D eigenvalue weighted by atomic mass is 32.2. The highest BCUT2D eigenvalue weighted by Crippen LogP contribution is 2.23. The molecule has 0 aromatic carbocycles. The second-order valence-electron chi connectivity index (χ2n) is 4.74. The highest BCUT2D eigenvalue weighted by molar-refractivity contribution is 7.89. The van der Waals surface area contributed by atoms with Crippen molar-refractivity contribution in [3.8, 4) is 0 Å². The van der Waals surface area contributed by atoms with Gasteiger partial charge in [-0.25, -0.2) is 13.1 Å². The first-order valence-corrected chi connectivity index (χ1v) is 7.89. The van der Waals surface area contributed by atoms with Gasteiger partial charge < -0.3 is 5.32 Å². The van der Waals surface area contributed by atoms with Crippen LogP contribution in [0.25, 0.3) is 0 Å². The molecule has 0 spiro atoms. The van der Waals surface area contributed by atoms with Crippen LogP contribution in [0.4, 0.5) is 0 Å². The monoisotopic (exact) mass is 248 g/mol. The molecule has 0 amide bonds. The predicted molar refractivity (Wildman–Crippen MR) is 66.9 cm³/mol. The standard InChI is InChI=1S/C11H24N2O2S/c1-3-13-16(14,15)8-7-12-11-6-4-5-10(2)9-11/h10-13H,3-9H2,1-2H3. The van der Waals surface area contributed by atoms with E-state index in [1.807, 2.05) is 0 Å². The van der Waals surface area contributed by atoms with Gasteiger partial charge >= 0.3 is 0 Å². The molecule has 0 aromatic rings. The average molecular weight is 248 g/mol. The van der Waals surface area contributed by atoms with E-state index in [2.05, 4.69) is 17.0 Å². The van der Waals surface area contributed by atoms with Gasteiger partial charge in [-0.05, 0) is 18.8 Å². The lowest BCUT2D eigenvalue weighted by molar-refractivity contribution is 0.305. The summed E-state index contributed by atoms with van der Waals surface area (Å²) in [5, 5.41) is 3.35. The molecule has 96 valence electrons. The second kappa shape index (κ2) is 6.57. The van der Waals surface area contributed by atoms with Gasteiger partial charge in [-0.3, -0.25) is 0 Å². The molecule has 5 heteroatoms. The quantitative estimate of drug-likeness (QED) is 0.740. The molecule has 2 N–H and O–H groups in total. The number of hydrogen-bond donors (Lipinski definition) is 2. The average Bonchev–Trinajstić information content (AvgIpc) is 2.17. The summed E-state index contributed by atoms with van der Waals surface area (Å²) in [5.74, 6) is 0.961. The van der Waals surface area contributed by atoms with Crippen LogP contribution in [0.15, 0.2) is 0 Å². The first kappa shape index (κ1) is 13.9. The topological polar surface area (TPSA) is 58.2 Å². The summed E-state index contributed by atoms with van der Waals surface area (Å²) in [4.78, 5) is 0. The first-order valence-electron chi connectivity index (χ1n) is 6.24. The van der Waals surface area contributed by atoms with Crippen LogP contribution in [-0.4, -0.2) is 33.3 Å². The maximum atomic E-state index is 11.4. The van der Waals surface area contributed by atoms with E-state index in [1.54, 1.807) is 6.92 Å². The summed E-state index contributed by atoms with van der Waals surface area (Å²) in [6.45, 7) is 5.10. The molecule has 0 heterocycles. The van der Waals surface area contributed by atoms with Crippen molar-refractivity contribution < 1.29 is 8.42 Å². The van der Waals surface area contributed by atoms with Gasteiger partial charge in [0.15, 0.2) is 0 Å². The molecular formula is C11H24N2O2S. The minimum absolute atomic E-state index is 0.186. The molecule has 1 aliphatic carbocycles. The molecule has 1 saturated carbocycles. The zero-order chi connectivity index (χ0) is 12.0. The Hall–Kier alpha value is -0.130. The van der Waals surface area contributed by atoms with E-state index in [0.29, 0.717) is 19.1 Å². The third-order valence-corrected chi connectivity index (χ3v) is 4.57. The van der Waals surface area contributed by atoms with Gasteiger partial charge in [0.1, 0.15) is 0 Å². The van der Waals surface area contributed by atoms with E-state index >= 15 is 0 Å². The van der Waals surface area contributed by atoms with E-state index in [1.165, 1.54) is 25.7 Å². The summed E-state index contributed by atoms with van der Waals surface area (Å²) in [7, 11) is -3.06. The minimum atomic E-state index is -3.06. The molecular weight excluding hydrogens is 224 g/mol. The van der Waals surface area contributed by atoms with Gasteiger partial charge in [0, 0.05) is 19.1 Å². The van der Waals surface area contributed by atoms with Crippen molar-refractivity contribution in [3.63, 3.8) is 0 Å². The molecule has 16 heavy (non-hydrogen) atoms. The van der Waals surface area contributed by atoms with Crippen LogP contribution in [0.1, 0.15) is 39.5 Å². The lowest BCUT2D eigenvalue weighted by Gasteiger charge is -2.27. The first-order chi connectivity index (χ1) is 7.53. The van der Waals surface area contributed by atoms with Crippen molar-refractivity contribution in [2.24, 2.45) is 5.92 Å². The minimum Gasteiger partial charge on any atom is -0.313 e. The molecule has 1 fully saturated rings. The summed E-state index contributed by atoms with van der Waals surface area (Å²) in [6, 6.07) is 0.514. The van der Waals surface area contributed by atoms with Crippen LogP contribution in [0.5, 0.6) is 0 Å². The second-order valence-corrected chi connectivity index (χ2v) is 6.67. The van der Waals surface area contributed by atoms with Crippen LogP contribution in [0.2, 0.25) is 0 Å². The summed E-state index contributed by atoms with van der Waals surface area (Å²) in [5.41, 5.74) is 0. The largest absolute Gasteiger partial charge is 0.313 e. The fraction of sp³-hybridized carbons (Fsp3) is 1.00. The molecule has 0 radical (unpaired) electrons. The number of rotatable bonds is 6. The van der Waals surface area contributed by atoms with Crippen molar-refractivity contribution in [1.82, 2.24) is 10.0 Å². The fourth-order valence-corrected chi connectivity index (χ4v) is 3.28. The Morgan fingerprint density at radius 1 is 1.31 bits per heavy atom. The Morgan fingerprint density at radius 2 is 2.06 bits per heavy atom. The van der Waals surface area contributed by atoms with E-state index in [-0.39, 0.29) is 5.75 Å². The lowest BCUT2D eigenvalue weighted by Crippen LogP contribution is -2.38. The van der Waals surface area contributed by atoms with Crippen LogP contribution in [0, 0.1) is 5.92 Å². The van der Waals surface area contributed by atoms with Crippen molar-refractivity contribution in [3.05, 3.63) is 0 Å². The van der Waals surface area contributed by atoms with Gasteiger partial charge in [0.05, 0.1) is 5.75 Å². The van der Waals surface area contributed by atoms with Crippen LogP contribution < -0.4 is 10.0 Å². The zero-order valence-electron chi connectivity index (χ0n) is 10.3. The van der Waals surface area contributed by atoms with Crippen LogP contribution >= 0.6 is 0 Å². The molecule has 0 bridgehead atoms. The Bertz CT molecular complexity index is 290. The molecule has 4 nitrogen and oxygen atoms in total. The third-order valence-electron chi connectivity index (χ3n) is 3.10. The van der Waals surface area contributed by atoms with Gasteiger partial charge in [0.2, 0.25) is 10.0 Å². The Morgan fingerprint density at radius 3 is 2.69 bits per heavy atom.